The second-order valence-electron chi connectivity index (χ2n) is 5.38. The van der Waals surface area contributed by atoms with Gasteiger partial charge in [0.25, 0.3) is 5.91 Å². The molecule has 24 heavy (non-hydrogen) atoms. The lowest BCUT2D eigenvalue weighted by Gasteiger charge is -2.16. The van der Waals surface area contributed by atoms with Gasteiger partial charge in [0.15, 0.2) is 5.65 Å². The van der Waals surface area contributed by atoms with Crippen LogP contribution in [0.4, 0.5) is 5.82 Å². The van der Waals surface area contributed by atoms with Gasteiger partial charge in [-0.25, -0.2) is 9.97 Å². The second kappa shape index (κ2) is 5.79. The molecule has 8 heteroatoms. The van der Waals surface area contributed by atoms with E-state index in [1.807, 2.05) is 26.0 Å². The standard InChI is InChI=1S/C16H16BrN5O2/c1-7-4-5-9(24-3)8(2)13(7)22-14(18)11(15(19)23)12-16(22)21-10(17)6-20-12/h4-6H,18H2,1-3H3,(H2,19,23). The number of ether oxygens (including phenoxy) is 1. The molecule has 3 aromatic rings. The average Bonchev–Trinajstić information content (AvgIpc) is 2.80. The van der Waals surface area contributed by atoms with E-state index in [2.05, 4.69) is 25.9 Å². The Morgan fingerprint density at radius 2 is 2.04 bits per heavy atom. The zero-order valence-electron chi connectivity index (χ0n) is 13.4. The molecule has 0 fully saturated rings. The number of nitrogen functional groups attached to an aromatic ring is 1. The SMILES string of the molecule is COc1ccc(C)c(-n2c(N)c(C(N)=O)c3ncc(Br)nc32)c1C. The Labute approximate surface area is 146 Å². The van der Waals surface area contributed by atoms with E-state index in [1.165, 1.54) is 6.20 Å². The number of aryl methyl sites for hydroxylation is 1. The smallest absolute Gasteiger partial charge is 0.254 e. The third-order valence-electron chi connectivity index (χ3n) is 3.94. The summed E-state index contributed by atoms with van der Waals surface area (Å²) in [6.45, 7) is 3.87. The number of fused-ring (bicyclic) bond motifs is 1. The van der Waals surface area contributed by atoms with Gasteiger partial charge in [-0.1, -0.05) is 6.07 Å². The van der Waals surface area contributed by atoms with Gasteiger partial charge < -0.3 is 16.2 Å². The maximum atomic E-state index is 11.9. The molecule has 7 nitrogen and oxygen atoms in total. The van der Waals surface area contributed by atoms with Crippen LogP contribution in [-0.2, 0) is 0 Å². The molecule has 0 saturated heterocycles. The molecule has 0 aliphatic carbocycles. The van der Waals surface area contributed by atoms with E-state index >= 15 is 0 Å². The van der Waals surface area contributed by atoms with Crippen LogP contribution in [0.2, 0.25) is 0 Å². The number of hydrogen-bond donors (Lipinski definition) is 2. The molecule has 1 amide bonds. The van der Waals surface area contributed by atoms with Crippen LogP contribution in [0.25, 0.3) is 16.9 Å². The fourth-order valence-electron chi connectivity index (χ4n) is 2.89. The monoisotopic (exact) mass is 389 g/mol. The van der Waals surface area contributed by atoms with Crippen molar-refractivity contribution in [2.24, 2.45) is 5.73 Å². The van der Waals surface area contributed by atoms with Crippen LogP contribution < -0.4 is 16.2 Å². The zero-order valence-corrected chi connectivity index (χ0v) is 15.0. The lowest BCUT2D eigenvalue weighted by Crippen LogP contribution is -2.14. The van der Waals surface area contributed by atoms with E-state index in [0.29, 0.717) is 21.5 Å². The number of primary amides is 1. The van der Waals surface area contributed by atoms with Gasteiger partial charge in [-0.05, 0) is 41.4 Å². The number of anilines is 1. The molecule has 0 unspecified atom stereocenters. The zero-order chi connectivity index (χ0) is 17.6. The molecular formula is C16H16BrN5O2. The Morgan fingerprint density at radius 1 is 1.33 bits per heavy atom. The first-order chi connectivity index (χ1) is 11.4. The molecule has 1 aromatic carbocycles. The normalized spacial score (nSPS) is 11.0. The van der Waals surface area contributed by atoms with Gasteiger partial charge in [0.2, 0.25) is 0 Å². The molecular weight excluding hydrogens is 374 g/mol. The Balaban J connectivity index is 2.50. The molecule has 0 aliphatic heterocycles. The largest absolute Gasteiger partial charge is 0.496 e. The number of carbonyl (C=O) groups is 1. The highest BCUT2D eigenvalue weighted by molar-refractivity contribution is 9.10. The van der Waals surface area contributed by atoms with Crippen LogP contribution in [0, 0.1) is 13.8 Å². The van der Waals surface area contributed by atoms with E-state index in [0.717, 1.165) is 16.8 Å². The van der Waals surface area contributed by atoms with Gasteiger partial charge in [-0.2, -0.15) is 0 Å². The first-order valence-electron chi connectivity index (χ1n) is 7.13. The fraction of sp³-hybridized carbons (Fsp3) is 0.188. The van der Waals surface area contributed by atoms with E-state index in [4.69, 9.17) is 16.2 Å². The number of halogens is 1. The molecule has 2 heterocycles. The quantitative estimate of drug-likeness (QED) is 0.714. The van der Waals surface area contributed by atoms with Crippen LogP contribution in [0.15, 0.2) is 22.9 Å². The van der Waals surface area contributed by atoms with Crippen molar-refractivity contribution in [3.8, 4) is 11.4 Å². The highest BCUT2D eigenvalue weighted by atomic mass is 79.9. The summed E-state index contributed by atoms with van der Waals surface area (Å²) in [5.74, 6) is 0.265. The molecule has 124 valence electrons. The van der Waals surface area contributed by atoms with Crippen molar-refractivity contribution in [3.05, 3.63) is 39.6 Å². The van der Waals surface area contributed by atoms with Crippen LogP contribution >= 0.6 is 15.9 Å². The highest BCUT2D eigenvalue weighted by Gasteiger charge is 2.24. The van der Waals surface area contributed by atoms with Crippen LogP contribution in [0.1, 0.15) is 21.5 Å². The minimum atomic E-state index is -0.647. The summed E-state index contributed by atoms with van der Waals surface area (Å²) in [5, 5.41) is 0. The minimum absolute atomic E-state index is 0.159. The molecule has 0 saturated carbocycles. The van der Waals surface area contributed by atoms with Crippen molar-refractivity contribution in [2.75, 3.05) is 12.8 Å². The topological polar surface area (TPSA) is 109 Å². The number of aromatic nitrogens is 3. The summed E-state index contributed by atoms with van der Waals surface area (Å²) in [6, 6.07) is 3.80. The molecule has 4 N–H and O–H groups in total. The van der Waals surface area contributed by atoms with Crippen LogP contribution in [0.3, 0.4) is 0 Å². The maximum absolute atomic E-state index is 11.9. The van der Waals surface area contributed by atoms with E-state index in [1.54, 1.807) is 11.7 Å². The van der Waals surface area contributed by atoms with Crippen molar-refractivity contribution in [1.29, 1.82) is 0 Å². The first kappa shape index (κ1) is 16.3. The first-order valence-corrected chi connectivity index (χ1v) is 7.93. The summed E-state index contributed by atoms with van der Waals surface area (Å²) in [6.07, 6.45) is 1.50. The number of nitrogens with two attached hydrogens (primary N) is 2. The van der Waals surface area contributed by atoms with Gasteiger partial charge in [0, 0.05) is 5.56 Å². The van der Waals surface area contributed by atoms with Crippen molar-refractivity contribution in [2.45, 2.75) is 13.8 Å². The number of carbonyl (C=O) groups excluding carboxylic acids is 1. The average molecular weight is 390 g/mol. The molecule has 3 rings (SSSR count). The molecule has 0 aliphatic rings. The Hall–Kier alpha value is -2.61. The predicted octanol–water partition coefficient (Wildman–Crippen LogP) is 2.49. The van der Waals surface area contributed by atoms with Gasteiger partial charge in [-0.3, -0.25) is 9.36 Å². The van der Waals surface area contributed by atoms with Gasteiger partial charge in [0.05, 0.1) is 19.0 Å². The minimum Gasteiger partial charge on any atom is -0.496 e. The lowest BCUT2D eigenvalue weighted by atomic mass is 10.1. The van der Waals surface area contributed by atoms with Crippen LogP contribution in [0.5, 0.6) is 5.75 Å². The lowest BCUT2D eigenvalue weighted by molar-refractivity contribution is 0.100. The van der Waals surface area contributed by atoms with Crippen molar-refractivity contribution in [1.82, 2.24) is 14.5 Å². The molecule has 0 atom stereocenters. The van der Waals surface area contributed by atoms with E-state index in [-0.39, 0.29) is 11.4 Å². The molecule has 0 bridgehead atoms. The molecule has 0 spiro atoms. The Morgan fingerprint density at radius 3 is 2.67 bits per heavy atom. The second-order valence-corrected chi connectivity index (χ2v) is 6.20. The van der Waals surface area contributed by atoms with E-state index < -0.39 is 5.91 Å². The summed E-state index contributed by atoms with van der Waals surface area (Å²) in [5.41, 5.74) is 15.4. The third-order valence-corrected chi connectivity index (χ3v) is 4.33. The number of methoxy groups -OCH3 is 1. The van der Waals surface area contributed by atoms with Crippen molar-refractivity contribution >= 4 is 38.8 Å². The Bertz CT molecular complexity index is 980. The van der Waals surface area contributed by atoms with E-state index in [9.17, 15) is 4.79 Å². The van der Waals surface area contributed by atoms with Crippen molar-refractivity contribution in [3.63, 3.8) is 0 Å². The molecule has 2 aromatic heterocycles. The fourth-order valence-corrected chi connectivity index (χ4v) is 3.16. The van der Waals surface area contributed by atoms with Crippen molar-refractivity contribution < 1.29 is 9.53 Å². The van der Waals surface area contributed by atoms with Gasteiger partial charge in [0.1, 0.15) is 27.3 Å². The number of benzene rings is 1. The van der Waals surface area contributed by atoms with Crippen LogP contribution in [-0.4, -0.2) is 27.6 Å². The summed E-state index contributed by atoms with van der Waals surface area (Å²) in [7, 11) is 1.60. The number of nitrogens with zero attached hydrogens (tertiary/aromatic N) is 3. The van der Waals surface area contributed by atoms with Gasteiger partial charge in [-0.15, -0.1) is 0 Å². The number of rotatable bonds is 3. The molecule has 0 radical (unpaired) electrons. The van der Waals surface area contributed by atoms with Gasteiger partial charge >= 0.3 is 0 Å². The summed E-state index contributed by atoms with van der Waals surface area (Å²) in [4.78, 5) is 20.6. The highest BCUT2D eigenvalue weighted by Crippen LogP contribution is 2.35. The Kier molecular flexibility index (Phi) is 3.92. The third kappa shape index (κ3) is 2.30. The maximum Gasteiger partial charge on any atom is 0.254 e. The number of hydrogen-bond acceptors (Lipinski definition) is 5. The predicted molar refractivity (Wildman–Crippen MR) is 95.5 cm³/mol. The summed E-state index contributed by atoms with van der Waals surface area (Å²) >= 11 is 3.31. The summed E-state index contributed by atoms with van der Waals surface area (Å²) < 4.78 is 7.63. The number of amides is 1.